The van der Waals surface area contributed by atoms with Gasteiger partial charge in [0.2, 0.25) is 0 Å². The maximum absolute atomic E-state index is 4.12. The minimum absolute atomic E-state index is 0.284. The second-order valence-electron chi connectivity index (χ2n) is 4.77. The minimum atomic E-state index is 0.284. The lowest BCUT2D eigenvalue weighted by Gasteiger charge is -2.32. The van der Waals surface area contributed by atoms with Gasteiger partial charge in [-0.1, -0.05) is 26.0 Å². The number of rotatable bonds is 5. The van der Waals surface area contributed by atoms with Crippen molar-refractivity contribution in [3.63, 3.8) is 0 Å². The molecule has 15 heavy (non-hydrogen) atoms. The van der Waals surface area contributed by atoms with Crippen LogP contribution in [0.5, 0.6) is 0 Å². The molecule has 1 aromatic heterocycles. The Balaban J connectivity index is 2.69. The van der Waals surface area contributed by atoms with Gasteiger partial charge in [-0.05, 0) is 18.9 Å². The van der Waals surface area contributed by atoms with E-state index in [1.165, 1.54) is 0 Å². The molecule has 4 heteroatoms. The molecule has 4 nitrogen and oxygen atoms in total. The highest BCUT2D eigenvalue weighted by molar-refractivity contribution is 4.99. The van der Waals surface area contributed by atoms with Gasteiger partial charge in [0, 0.05) is 25.7 Å². The van der Waals surface area contributed by atoms with E-state index in [-0.39, 0.29) is 5.41 Å². The van der Waals surface area contributed by atoms with Crippen molar-refractivity contribution in [2.45, 2.75) is 39.7 Å². The summed E-state index contributed by atoms with van der Waals surface area (Å²) in [6.45, 7) is 6.79. The molecule has 0 aromatic carbocycles. The highest BCUT2D eigenvalue weighted by Crippen LogP contribution is 2.26. The topological polar surface area (TPSA) is 42.7 Å². The summed E-state index contributed by atoms with van der Waals surface area (Å²) in [7, 11) is 3.91. The first-order chi connectivity index (χ1) is 6.99. The molecule has 0 saturated heterocycles. The van der Waals surface area contributed by atoms with Crippen molar-refractivity contribution in [2.24, 2.45) is 12.5 Å². The SMILES string of the molecule is CCC(C)(C)C(Cc1cn(C)nn1)NC. The molecule has 0 saturated carbocycles. The molecule has 1 N–H and O–H groups in total. The standard InChI is InChI=1S/C11H22N4/c1-6-11(2,3)10(12-4)7-9-8-15(5)14-13-9/h8,10,12H,6-7H2,1-5H3. The van der Waals surface area contributed by atoms with Crippen molar-refractivity contribution in [1.82, 2.24) is 20.3 Å². The van der Waals surface area contributed by atoms with E-state index in [0.29, 0.717) is 6.04 Å². The number of aryl methyl sites for hydroxylation is 1. The van der Waals surface area contributed by atoms with Crippen LogP contribution in [-0.2, 0) is 13.5 Å². The Kier molecular flexibility index (Phi) is 3.85. The van der Waals surface area contributed by atoms with Gasteiger partial charge in [-0.3, -0.25) is 4.68 Å². The lowest BCUT2D eigenvalue weighted by atomic mass is 9.80. The zero-order chi connectivity index (χ0) is 11.5. The fourth-order valence-corrected chi connectivity index (χ4v) is 1.71. The van der Waals surface area contributed by atoms with Crippen LogP contribution in [0.4, 0.5) is 0 Å². The Bertz CT molecular complexity index is 303. The van der Waals surface area contributed by atoms with Crippen LogP contribution in [0.3, 0.4) is 0 Å². The summed E-state index contributed by atoms with van der Waals surface area (Å²) in [4.78, 5) is 0. The summed E-state index contributed by atoms with van der Waals surface area (Å²) in [6.07, 6.45) is 4.07. The number of aromatic nitrogens is 3. The summed E-state index contributed by atoms with van der Waals surface area (Å²) < 4.78 is 1.75. The molecular weight excluding hydrogens is 188 g/mol. The third-order valence-electron chi connectivity index (χ3n) is 3.27. The Morgan fingerprint density at radius 3 is 2.60 bits per heavy atom. The second-order valence-corrected chi connectivity index (χ2v) is 4.77. The van der Waals surface area contributed by atoms with Crippen molar-refractivity contribution in [3.05, 3.63) is 11.9 Å². The molecule has 1 rings (SSSR count). The van der Waals surface area contributed by atoms with Gasteiger partial charge in [-0.15, -0.1) is 5.10 Å². The van der Waals surface area contributed by atoms with Gasteiger partial charge in [0.25, 0.3) is 0 Å². The smallest absolute Gasteiger partial charge is 0.0842 e. The molecule has 0 aliphatic carbocycles. The Morgan fingerprint density at radius 2 is 2.20 bits per heavy atom. The van der Waals surface area contributed by atoms with Crippen LogP contribution in [0.1, 0.15) is 32.9 Å². The summed E-state index contributed by atoms with van der Waals surface area (Å²) >= 11 is 0. The monoisotopic (exact) mass is 210 g/mol. The zero-order valence-electron chi connectivity index (χ0n) is 10.4. The van der Waals surface area contributed by atoms with E-state index >= 15 is 0 Å². The maximum Gasteiger partial charge on any atom is 0.0842 e. The molecule has 1 atom stereocenters. The van der Waals surface area contributed by atoms with E-state index in [2.05, 4.69) is 36.4 Å². The van der Waals surface area contributed by atoms with E-state index in [1.54, 1.807) is 4.68 Å². The zero-order valence-corrected chi connectivity index (χ0v) is 10.4. The van der Waals surface area contributed by atoms with E-state index in [1.807, 2.05) is 20.3 Å². The van der Waals surface area contributed by atoms with Crippen molar-refractivity contribution >= 4 is 0 Å². The van der Waals surface area contributed by atoms with Gasteiger partial charge in [-0.25, -0.2) is 0 Å². The van der Waals surface area contributed by atoms with Gasteiger partial charge in [0.05, 0.1) is 5.69 Å². The molecule has 86 valence electrons. The lowest BCUT2D eigenvalue weighted by molar-refractivity contribution is 0.239. The summed E-state index contributed by atoms with van der Waals surface area (Å²) in [5.74, 6) is 0. The van der Waals surface area contributed by atoms with Crippen molar-refractivity contribution < 1.29 is 0 Å². The molecule has 0 radical (unpaired) electrons. The number of hydrogen-bond donors (Lipinski definition) is 1. The normalized spacial score (nSPS) is 14.2. The van der Waals surface area contributed by atoms with Gasteiger partial charge < -0.3 is 5.32 Å². The maximum atomic E-state index is 4.12. The number of likely N-dealkylation sites (N-methyl/N-ethyl adjacent to an activating group) is 1. The first-order valence-electron chi connectivity index (χ1n) is 5.52. The van der Waals surface area contributed by atoms with Crippen LogP contribution in [0.25, 0.3) is 0 Å². The predicted molar refractivity (Wildman–Crippen MR) is 61.6 cm³/mol. The molecule has 0 aliphatic rings. The highest BCUT2D eigenvalue weighted by Gasteiger charge is 2.27. The third kappa shape index (κ3) is 3.02. The molecule has 0 bridgehead atoms. The fraction of sp³-hybridized carbons (Fsp3) is 0.818. The number of nitrogens with one attached hydrogen (secondary N) is 1. The Hall–Kier alpha value is -0.900. The third-order valence-corrected chi connectivity index (χ3v) is 3.27. The quantitative estimate of drug-likeness (QED) is 0.798. The Morgan fingerprint density at radius 1 is 1.53 bits per heavy atom. The molecule has 1 unspecified atom stereocenters. The molecule has 0 amide bonds. The molecule has 0 spiro atoms. The Labute approximate surface area is 92.1 Å². The van der Waals surface area contributed by atoms with Crippen LogP contribution >= 0.6 is 0 Å². The van der Waals surface area contributed by atoms with Crippen molar-refractivity contribution in [3.8, 4) is 0 Å². The van der Waals surface area contributed by atoms with Crippen LogP contribution in [0.2, 0.25) is 0 Å². The highest BCUT2D eigenvalue weighted by atomic mass is 15.4. The van der Waals surface area contributed by atoms with Crippen LogP contribution < -0.4 is 5.32 Å². The number of nitrogens with zero attached hydrogens (tertiary/aromatic N) is 3. The summed E-state index contributed by atoms with van der Waals surface area (Å²) in [6, 6.07) is 0.444. The van der Waals surface area contributed by atoms with E-state index < -0.39 is 0 Å². The summed E-state index contributed by atoms with van der Waals surface area (Å²) in [5.41, 5.74) is 1.34. The second kappa shape index (κ2) is 4.75. The largest absolute Gasteiger partial charge is 0.316 e. The van der Waals surface area contributed by atoms with Crippen LogP contribution in [0, 0.1) is 5.41 Å². The van der Waals surface area contributed by atoms with Crippen molar-refractivity contribution in [2.75, 3.05) is 7.05 Å². The average Bonchev–Trinajstić information content (AvgIpc) is 2.60. The number of hydrogen-bond acceptors (Lipinski definition) is 3. The fourth-order valence-electron chi connectivity index (χ4n) is 1.71. The lowest BCUT2D eigenvalue weighted by Crippen LogP contribution is -2.41. The first-order valence-corrected chi connectivity index (χ1v) is 5.52. The molecule has 1 heterocycles. The molecule has 1 aromatic rings. The molecule has 0 aliphatic heterocycles. The first kappa shape index (κ1) is 12.2. The van der Waals surface area contributed by atoms with E-state index in [4.69, 9.17) is 0 Å². The van der Waals surface area contributed by atoms with Crippen molar-refractivity contribution in [1.29, 1.82) is 0 Å². The van der Waals surface area contributed by atoms with Gasteiger partial charge in [0.15, 0.2) is 0 Å². The average molecular weight is 210 g/mol. The van der Waals surface area contributed by atoms with Crippen LogP contribution in [-0.4, -0.2) is 28.1 Å². The van der Waals surface area contributed by atoms with Gasteiger partial charge in [-0.2, -0.15) is 0 Å². The van der Waals surface area contributed by atoms with E-state index in [9.17, 15) is 0 Å². The summed E-state index contributed by atoms with van der Waals surface area (Å²) in [5, 5.41) is 11.4. The van der Waals surface area contributed by atoms with Gasteiger partial charge in [0.1, 0.15) is 0 Å². The molecule has 0 fully saturated rings. The molecular formula is C11H22N4. The van der Waals surface area contributed by atoms with Gasteiger partial charge >= 0.3 is 0 Å². The predicted octanol–water partition coefficient (Wildman–Crippen LogP) is 1.38. The van der Waals surface area contributed by atoms with Crippen LogP contribution in [0.15, 0.2) is 6.20 Å². The van der Waals surface area contributed by atoms with E-state index in [0.717, 1.165) is 18.5 Å². The minimum Gasteiger partial charge on any atom is -0.316 e.